The average Bonchev–Trinajstić information content (AvgIpc) is 2.44. The van der Waals surface area contributed by atoms with E-state index < -0.39 is 36.2 Å². The Morgan fingerprint density at radius 3 is 2.50 bits per heavy atom. The molecule has 7 nitrogen and oxygen atoms in total. The highest BCUT2D eigenvalue weighted by atomic mass is 16.4. The molecule has 22 heavy (non-hydrogen) atoms. The minimum atomic E-state index is -1.15. The van der Waals surface area contributed by atoms with Gasteiger partial charge in [0.2, 0.25) is 5.91 Å². The van der Waals surface area contributed by atoms with Crippen molar-refractivity contribution < 1.29 is 24.6 Å². The highest BCUT2D eigenvalue weighted by Gasteiger charge is 2.35. The smallest absolute Gasteiger partial charge is 0.306 e. The van der Waals surface area contributed by atoms with Crippen molar-refractivity contribution in [2.75, 3.05) is 6.54 Å². The van der Waals surface area contributed by atoms with Gasteiger partial charge in [0.05, 0.1) is 26.2 Å². The molecule has 1 aliphatic carbocycles. The number of carboxylic acids is 2. The van der Waals surface area contributed by atoms with Gasteiger partial charge in [-0.3, -0.25) is 14.4 Å². The third-order valence-electron chi connectivity index (χ3n) is 4.26. The molecular weight excluding hydrogens is 287 g/mol. The van der Waals surface area contributed by atoms with Crippen LogP contribution >= 0.6 is 0 Å². The number of hydrogen-bond donors (Lipinski definition) is 4. The fraction of sp³-hybridized carbons (Fsp3) is 0.786. The van der Waals surface area contributed by atoms with E-state index in [0.717, 1.165) is 12.8 Å². The second kappa shape index (κ2) is 8.78. The first-order valence-corrected chi connectivity index (χ1v) is 7.53. The minimum Gasteiger partial charge on any atom is -0.481 e. The van der Waals surface area contributed by atoms with E-state index in [-0.39, 0.29) is 12.5 Å². The molecule has 0 heterocycles. The first kappa shape index (κ1) is 18.5. The number of nitrogens with two attached hydrogens (primary N) is 1. The van der Waals surface area contributed by atoms with Crippen LogP contribution in [0.15, 0.2) is 0 Å². The van der Waals surface area contributed by atoms with Gasteiger partial charge in [-0.25, -0.2) is 0 Å². The van der Waals surface area contributed by atoms with Crippen molar-refractivity contribution >= 4 is 25.7 Å². The van der Waals surface area contributed by atoms with E-state index in [1.54, 1.807) is 0 Å². The molecule has 0 aromatic rings. The number of amides is 1. The van der Waals surface area contributed by atoms with Gasteiger partial charge in [0, 0.05) is 6.54 Å². The predicted octanol–water partition coefficient (Wildman–Crippen LogP) is -0.00140. The molecule has 0 aromatic heterocycles. The molecule has 1 amide bonds. The van der Waals surface area contributed by atoms with Crippen molar-refractivity contribution in [1.82, 2.24) is 5.32 Å². The second-order valence-electron chi connectivity index (χ2n) is 5.91. The molecule has 8 heteroatoms. The lowest BCUT2D eigenvalue weighted by Crippen LogP contribution is -2.45. The summed E-state index contributed by atoms with van der Waals surface area (Å²) in [5.41, 5.74) is 5.47. The molecule has 2 radical (unpaired) electrons. The summed E-state index contributed by atoms with van der Waals surface area (Å²) in [5.74, 6) is -2.93. The Kier molecular flexibility index (Phi) is 7.37. The topological polar surface area (TPSA) is 130 Å². The summed E-state index contributed by atoms with van der Waals surface area (Å²) in [4.78, 5) is 33.6. The van der Waals surface area contributed by atoms with Gasteiger partial charge >= 0.3 is 11.9 Å². The van der Waals surface area contributed by atoms with E-state index in [2.05, 4.69) is 5.32 Å². The molecular formula is C14H23BN2O5. The van der Waals surface area contributed by atoms with Crippen molar-refractivity contribution in [2.24, 2.45) is 23.5 Å². The summed E-state index contributed by atoms with van der Waals surface area (Å²) in [6.07, 6.45) is 3.07. The van der Waals surface area contributed by atoms with Crippen molar-refractivity contribution in [2.45, 2.75) is 44.5 Å². The molecule has 0 saturated heterocycles. The van der Waals surface area contributed by atoms with Crippen LogP contribution in [0, 0.1) is 17.8 Å². The Hall–Kier alpha value is -1.57. The molecule has 0 aromatic carbocycles. The van der Waals surface area contributed by atoms with Gasteiger partial charge in [-0.15, -0.1) is 0 Å². The number of carboxylic acid groups (broad SMARTS) is 2. The Balaban J connectivity index is 2.51. The van der Waals surface area contributed by atoms with E-state index in [9.17, 15) is 19.5 Å². The zero-order valence-corrected chi connectivity index (χ0v) is 12.5. The molecule has 1 fully saturated rings. The molecule has 1 aliphatic rings. The minimum absolute atomic E-state index is 0.160. The third-order valence-corrected chi connectivity index (χ3v) is 4.26. The molecule has 0 spiro atoms. The quantitative estimate of drug-likeness (QED) is 0.467. The third kappa shape index (κ3) is 5.67. The van der Waals surface area contributed by atoms with Crippen molar-refractivity contribution in [3.05, 3.63) is 0 Å². The first-order valence-electron chi connectivity index (χ1n) is 7.53. The largest absolute Gasteiger partial charge is 0.481 e. The lowest BCUT2D eigenvalue weighted by molar-refractivity contribution is -0.146. The maximum absolute atomic E-state index is 11.7. The van der Waals surface area contributed by atoms with Gasteiger partial charge in [0.15, 0.2) is 0 Å². The van der Waals surface area contributed by atoms with E-state index >= 15 is 0 Å². The Morgan fingerprint density at radius 2 is 1.95 bits per heavy atom. The SMILES string of the molecule is [B]CC[C@@H]1CC[C@@H](CNC(=O)[C@@H](N)CC(=O)O)[C@@H](C(=O)O)C1. The van der Waals surface area contributed by atoms with Crippen LogP contribution in [0.1, 0.15) is 32.1 Å². The summed E-state index contributed by atoms with van der Waals surface area (Å²) in [7, 11) is 5.52. The van der Waals surface area contributed by atoms with Gasteiger partial charge in [0.25, 0.3) is 0 Å². The van der Waals surface area contributed by atoms with Gasteiger partial charge in [-0.2, -0.15) is 0 Å². The molecule has 1 saturated carbocycles. The van der Waals surface area contributed by atoms with Crippen LogP contribution in [-0.2, 0) is 14.4 Å². The van der Waals surface area contributed by atoms with Crippen LogP contribution in [0.4, 0.5) is 0 Å². The maximum atomic E-state index is 11.7. The summed E-state index contributed by atoms with van der Waals surface area (Å²) in [6.45, 7) is 0.207. The fourth-order valence-corrected chi connectivity index (χ4v) is 3.01. The van der Waals surface area contributed by atoms with Gasteiger partial charge in [-0.05, 0) is 24.7 Å². The molecule has 1 rings (SSSR count). The van der Waals surface area contributed by atoms with Gasteiger partial charge < -0.3 is 21.3 Å². The summed E-state index contributed by atoms with van der Waals surface area (Å²) >= 11 is 0. The van der Waals surface area contributed by atoms with Crippen LogP contribution in [0.2, 0.25) is 6.32 Å². The molecule has 0 unspecified atom stereocenters. The molecule has 122 valence electrons. The Labute approximate surface area is 131 Å². The van der Waals surface area contributed by atoms with E-state index in [4.69, 9.17) is 18.7 Å². The van der Waals surface area contributed by atoms with E-state index in [1.165, 1.54) is 0 Å². The number of aliphatic carboxylic acids is 2. The fourth-order valence-electron chi connectivity index (χ4n) is 3.01. The lowest BCUT2D eigenvalue weighted by Gasteiger charge is -2.34. The zero-order chi connectivity index (χ0) is 16.7. The van der Waals surface area contributed by atoms with E-state index in [0.29, 0.717) is 25.1 Å². The summed E-state index contributed by atoms with van der Waals surface area (Å²) in [6, 6.07) is -1.12. The van der Waals surface area contributed by atoms with Crippen molar-refractivity contribution in [1.29, 1.82) is 0 Å². The van der Waals surface area contributed by atoms with Crippen LogP contribution in [0.3, 0.4) is 0 Å². The first-order chi connectivity index (χ1) is 10.3. The van der Waals surface area contributed by atoms with Crippen molar-refractivity contribution in [3.63, 3.8) is 0 Å². The summed E-state index contributed by atoms with van der Waals surface area (Å²) < 4.78 is 0. The molecule has 5 N–H and O–H groups in total. The molecule has 0 aliphatic heterocycles. The van der Waals surface area contributed by atoms with Crippen LogP contribution < -0.4 is 11.1 Å². The maximum Gasteiger partial charge on any atom is 0.306 e. The monoisotopic (exact) mass is 310 g/mol. The average molecular weight is 310 g/mol. The number of carbonyl (C=O) groups excluding carboxylic acids is 1. The van der Waals surface area contributed by atoms with Crippen LogP contribution in [-0.4, -0.2) is 48.5 Å². The number of nitrogens with one attached hydrogen (secondary N) is 1. The van der Waals surface area contributed by atoms with Crippen LogP contribution in [0.5, 0.6) is 0 Å². The Bertz CT molecular complexity index is 418. The molecule has 0 bridgehead atoms. The normalized spacial score (nSPS) is 26.1. The molecule has 4 atom stereocenters. The standard InChI is InChI=1S/C14H23BN2O5/c15-4-3-8-1-2-9(10(5-8)14(21)22)7-17-13(20)11(16)6-12(18)19/h8-11H,1-7,16H2,(H,17,20)(H,18,19)(H,21,22)/t8-,9-,10-,11-/m0/s1. The van der Waals surface area contributed by atoms with Gasteiger partial charge in [0.1, 0.15) is 0 Å². The van der Waals surface area contributed by atoms with Crippen molar-refractivity contribution in [3.8, 4) is 0 Å². The zero-order valence-electron chi connectivity index (χ0n) is 12.5. The number of hydrogen-bond acceptors (Lipinski definition) is 4. The number of carbonyl (C=O) groups is 3. The summed E-state index contributed by atoms with van der Waals surface area (Å²) in [5, 5.41) is 20.5. The Morgan fingerprint density at radius 1 is 1.27 bits per heavy atom. The highest BCUT2D eigenvalue weighted by molar-refractivity contribution is 6.08. The van der Waals surface area contributed by atoms with Gasteiger partial charge in [-0.1, -0.05) is 19.2 Å². The second-order valence-corrected chi connectivity index (χ2v) is 5.91. The predicted molar refractivity (Wildman–Crippen MR) is 80.4 cm³/mol. The lowest BCUT2D eigenvalue weighted by atomic mass is 9.71. The van der Waals surface area contributed by atoms with Crippen LogP contribution in [0.25, 0.3) is 0 Å². The van der Waals surface area contributed by atoms with E-state index in [1.807, 2.05) is 0 Å². The highest BCUT2D eigenvalue weighted by Crippen LogP contribution is 2.36. The number of rotatable bonds is 8.